The topological polar surface area (TPSA) is 197 Å². The highest BCUT2D eigenvalue weighted by Crippen LogP contribution is 2.65. The first-order valence-electron chi connectivity index (χ1n) is 16.7. The van der Waals surface area contributed by atoms with Crippen LogP contribution in [0.15, 0.2) is 30.3 Å². The lowest BCUT2D eigenvalue weighted by Gasteiger charge is -2.64. The molecule has 5 rings (SSSR count). The van der Waals surface area contributed by atoms with Crippen LogP contribution in [0.3, 0.4) is 0 Å². The van der Waals surface area contributed by atoms with Crippen LogP contribution in [-0.4, -0.2) is 66.1 Å². The van der Waals surface area contributed by atoms with Crippen molar-refractivity contribution in [2.75, 3.05) is 11.9 Å². The van der Waals surface area contributed by atoms with E-state index in [-0.39, 0.29) is 61.0 Å². The van der Waals surface area contributed by atoms with Gasteiger partial charge < -0.3 is 30.6 Å². The summed E-state index contributed by atoms with van der Waals surface area (Å²) in [5.74, 6) is -0.697. The van der Waals surface area contributed by atoms with Crippen molar-refractivity contribution in [2.24, 2.45) is 23.2 Å². The molecule has 4 fully saturated rings. The van der Waals surface area contributed by atoms with Crippen molar-refractivity contribution >= 4 is 36.5 Å². The predicted octanol–water partition coefficient (Wildman–Crippen LogP) is 3.16. The number of anilines is 1. The minimum absolute atomic E-state index is 0.0420. The maximum atomic E-state index is 13.8. The summed E-state index contributed by atoms with van der Waals surface area (Å²) in [6.45, 7) is 11.0. The van der Waals surface area contributed by atoms with Crippen LogP contribution in [0.2, 0.25) is 0 Å². The summed E-state index contributed by atoms with van der Waals surface area (Å²) in [6, 6.07) is 8.13. The van der Waals surface area contributed by atoms with Gasteiger partial charge in [-0.15, -0.1) is 0 Å². The van der Waals surface area contributed by atoms with Gasteiger partial charge in [-0.25, -0.2) is 10.1 Å². The molecule has 0 radical (unpaired) electrons. The summed E-state index contributed by atoms with van der Waals surface area (Å²) >= 11 is 0. The Hall–Kier alpha value is -3.72. The number of carbonyl (C=O) groups is 3. The third-order valence-corrected chi connectivity index (χ3v) is 10.0. The average molecular weight is 656 g/mol. The van der Waals surface area contributed by atoms with Gasteiger partial charge in [0.05, 0.1) is 17.6 Å². The van der Waals surface area contributed by atoms with Gasteiger partial charge in [-0.3, -0.25) is 19.8 Å². The van der Waals surface area contributed by atoms with Gasteiger partial charge in [0.25, 0.3) is 5.96 Å². The van der Waals surface area contributed by atoms with Crippen LogP contribution in [0, 0.1) is 38.7 Å². The Morgan fingerprint density at radius 2 is 1.77 bits per heavy atom. The van der Waals surface area contributed by atoms with Crippen molar-refractivity contribution < 1.29 is 28.7 Å². The second-order valence-electron chi connectivity index (χ2n) is 14.3. The highest BCUT2D eigenvalue weighted by Gasteiger charge is 2.68. The first-order chi connectivity index (χ1) is 22.2. The number of para-hydroxylation sites is 1. The van der Waals surface area contributed by atoms with E-state index in [2.05, 4.69) is 55.9 Å². The molecule has 1 aromatic rings. The zero-order valence-corrected chi connectivity index (χ0v) is 28.1. The molecule has 14 nitrogen and oxygen atoms in total. The molecule has 0 spiro atoms. The molecule has 47 heavy (non-hydrogen) atoms. The number of nitrogens with zero attached hydrogens (tertiary/aromatic N) is 1. The molecular formula is C32H50BN7O7. The van der Waals surface area contributed by atoms with Crippen LogP contribution in [0.25, 0.3) is 0 Å². The van der Waals surface area contributed by atoms with Crippen molar-refractivity contribution in [1.29, 1.82) is 5.41 Å². The Balaban J connectivity index is 1.36. The van der Waals surface area contributed by atoms with Crippen LogP contribution in [0.4, 0.5) is 5.69 Å². The number of guanidine groups is 1. The van der Waals surface area contributed by atoms with E-state index in [1.54, 1.807) is 17.6 Å². The fourth-order valence-electron chi connectivity index (χ4n) is 7.44. The lowest BCUT2D eigenvalue weighted by Crippen LogP contribution is -2.65. The van der Waals surface area contributed by atoms with Gasteiger partial charge in [0.2, 0.25) is 17.7 Å². The number of hydrogen-bond donors (Lipinski definition) is 6. The van der Waals surface area contributed by atoms with E-state index < -0.39 is 35.7 Å². The molecule has 3 saturated carbocycles. The van der Waals surface area contributed by atoms with E-state index in [4.69, 9.17) is 14.7 Å². The van der Waals surface area contributed by atoms with Gasteiger partial charge >= 0.3 is 7.12 Å². The van der Waals surface area contributed by atoms with Gasteiger partial charge in [0.15, 0.2) is 5.03 Å². The van der Waals surface area contributed by atoms with Crippen LogP contribution in [0.1, 0.15) is 86.0 Å². The third-order valence-electron chi connectivity index (χ3n) is 10.0. The number of benzene rings is 1. The molecule has 1 aromatic carbocycles. The zero-order chi connectivity index (χ0) is 34.4. The minimum Gasteiger partial charge on any atom is -0.404 e. The molecule has 3 amide bonds. The number of hydrogen-bond acceptors (Lipinski definition) is 8. The fraction of sp³-hybridized carbons (Fsp3) is 0.688. The van der Waals surface area contributed by atoms with Crippen molar-refractivity contribution in [3.8, 4) is 0 Å². The summed E-state index contributed by atoms with van der Waals surface area (Å²) in [5, 5.41) is 28.7. The number of carbonyl (C=O) groups excluding carboxylic acids is 3. The Morgan fingerprint density at radius 1 is 1.06 bits per heavy atom. The molecule has 3 aliphatic carbocycles. The van der Waals surface area contributed by atoms with Crippen LogP contribution < -0.4 is 26.7 Å². The number of nitrogens with one attached hydrogen (secondary N) is 6. The standard InChI is InChI=1S/C32H50BN7O7/c1-20(2)17-26(33-46-25-19-21-18-24(31(21,3)4)32(25,5)47-33)38-29(43)23(13-10-16-35-30(34)39-40(44)45)37-28(42)15-9-14-27(41)36-22-11-7-6-8-12-22/h6-8,11-12,20-21,23-26H,9-10,13-19H2,1-5H3,(H,36,41)(H,37,42)(H,38,43)(H3,34,35,39)/t21-,23-,24-,25+,26-,32-/m0/s1. The Bertz CT molecular complexity index is 1300. The molecule has 0 aromatic heterocycles. The fourth-order valence-corrected chi connectivity index (χ4v) is 7.44. The predicted molar refractivity (Wildman–Crippen MR) is 177 cm³/mol. The molecule has 6 N–H and O–H groups in total. The Kier molecular flexibility index (Phi) is 11.9. The third kappa shape index (κ3) is 9.22. The van der Waals surface area contributed by atoms with Gasteiger partial charge in [0, 0.05) is 25.1 Å². The number of amides is 3. The lowest BCUT2D eigenvalue weighted by atomic mass is 9.43. The summed E-state index contributed by atoms with van der Waals surface area (Å²) in [7, 11) is -0.624. The van der Waals surface area contributed by atoms with E-state index in [0.717, 1.165) is 12.8 Å². The summed E-state index contributed by atoms with van der Waals surface area (Å²) in [5.41, 5.74) is 2.15. The van der Waals surface area contributed by atoms with E-state index in [9.17, 15) is 24.5 Å². The number of rotatable bonds is 16. The summed E-state index contributed by atoms with van der Waals surface area (Å²) in [4.78, 5) is 49.7. The first kappa shape index (κ1) is 36.1. The Labute approximate surface area is 277 Å². The van der Waals surface area contributed by atoms with Crippen molar-refractivity contribution in [3.05, 3.63) is 40.4 Å². The lowest BCUT2D eigenvalue weighted by molar-refractivity contribution is -0.525. The molecule has 4 aliphatic rings. The van der Waals surface area contributed by atoms with Crippen LogP contribution in [-0.2, 0) is 23.7 Å². The number of nitro groups is 1. The molecule has 1 saturated heterocycles. The van der Waals surface area contributed by atoms with Gasteiger partial charge in [-0.05, 0) is 80.8 Å². The maximum Gasteiger partial charge on any atom is 0.481 e. The van der Waals surface area contributed by atoms with E-state index in [1.807, 2.05) is 18.2 Å². The second-order valence-corrected chi connectivity index (χ2v) is 14.3. The summed E-state index contributed by atoms with van der Waals surface area (Å²) < 4.78 is 13.2. The quantitative estimate of drug-likeness (QED) is 0.0387. The maximum absolute atomic E-state index is 13.8. The monoisotopic (exact) mass is 655 g/mol. The van der Waals surface area contributed by atoms with Gasteiger partial charge in [-0.2, -0.15) is 0 Å². The summed E-state index contributed by atoms with van der Waals surface area (Å²) in [6.07, 6.45) is 3.63. The van der Waals surface area contributed by atoms with E-state index in [1.165, 1.54) is 0 Å². The van der Waals surface area contributed by atoms with Crippen molar-refractivity contribution in [2.45, 2.75) is 110 Å². The molecule has 1 aliphatic heterocycles. The second kappa shape index (κ2) is 15.5. The van der Waals surface area contributed by atoms with Crippen molar-refractivity contribution in [1.82, 2.24) is 21.4 Å². The number of hydrazine groups is 1. The van der Waals surface area contributed by atoms with Gasteiger partial charge in [-0.1, -0.05) is 51.3 Å². The molecule has 258 valence electrons. The highest BCUT2D eigenvalue weighted by atomic mass is 16.7. The normalized spacial score (nSPS) is 25.1. The molecule has 1 heterocycles. The molecule has 2 bridgehead atoms. The molecule has 15 heteroatoms. The first-order valence-corrected chi connectivity index (χ1v) is 16.7. The van der Waals surface area contributed by atoms with Crippen molar-refractivity contribution in [3.63, 3.8) is 0 Å². The highest BCUT2D eigenvalue weighted by molar-refractivity contribution is 6.48. The average Bonchev–Trinajstić information content (AvgIpc) is 3.35. The molecule has 0 unspecified atom stereocenters. The minimum atomic E-state index is -0.916. The largest absolute Gasteiger partial charge is 0.481 e. The molecular weight excluding hydrogens is 605 g/mol. The molecule has 6 atom stereocenters. The van der Waals surface area contributed by atoms with Gasteiger partial charge in [0.1, 0.15) is 6.04 Å². The zero-order valence-electron chi connectivity index (χ0n) is 28.1. The Morgan fingerprint density at radius 3 is 2.43 bits per heavy atom. The van der Waals surface area contributed by atoms with E-state index >= 15 is 0 Å². The van der Waals surface area contributed by atoms with Crippen LogP contribution in [0.5, 0.6) is 0 Å². The smallest absolute Gasteiger partial charge is 0.404 e. The SMILES string of the molecule is CC(C)C[C@H](NC(=O)[C@H](CCCNC(=N)N[N+](=O)[O-])NC(=O)CCCC(=O)Nc1ccccc1)B1O[C@@H]2C[C@@H]3C[C@@H](C3(C)C)[C@]2(C)O1. The van der Waals surface area contributed by atoms with E-state index in [0.29, 0.717) is 36.8 Å². The van der Waals surface area contributed by atoms with Crippen LogP contribution >= 0.6 is 0 Å².